The Bertz CT molecular complexity index is 838. The predicted molar refractivity (Wildman–Crippen MR) is 89.9 cm³/mol. The van der Waals surface area contributed by atoms with Crippen molar-refractivity contribution in [1.29, 1.82) is 0 Å². The van der Waals surface area contributed by atoms with Crippen LogP contribution in [0.5, 0.6) is 5.75 Å². The molecule has 0 heterocycles. The molecule has 0 saturated heterocycles. The van der Waals surface area contributed by atoms with Crippen molar-refractivity contribution in [3.05, 3.63) is 59.2 Å². The van der Waals surface area contributed by atoms with E-state index in [1.807, 2.05) is 12.1 Å². The van der Waals surface area contributed by atoms with Crippen molar-refractivity contribution in [1.82, 2.24) is 0 Å². The topological polar surface area (TPSA) is 64.6 Å². The Morgan fingerprint density at radius 1 is 0.962 bits per heavy atom. The molecule has 26 heavy (non-hydrogen) atoms. The minimum absolute atomic E-state index is 0.0688. The Hall–Kier alpha value is -2.96. The summed E-state index contributed by atoms with van der Waals surface area (Å²) in [5.74, 6) is -2.89. The highest BCUT2D eigenvalue weighted by atomic mass is 19.2. The number of esters is 1. The SMILES string of the molecule is O=C(COC(=O)COc1ccc2c(c1)CCC2)Nc1ccc(F)c(F)c1. The van der Waals surface area contributed by atoms with E-state index in [4.69, 9.17) is 9.47 Å². The highest BCUT2D eigenvalue weighted by Crippen LogP contribution is 2.25. The van der Waals surface area contributed by atoms with Crippen molar-refractivity contribution >= 4 is 17.6 Å². The van der Waals surface area contributed by atoms with Gasteiger partial charge >= 0.3 is 5.97 Å². The molecule has 1 aliphatic rings. The predicted octanol–water partition coefficient (Wildman–Crippen LogP) is 3.01. The number of carbonyl (C=O) groups excluding carboxylic acids is 2. The maximum atomic E-state index is 13.1. The monoisotopic (exact) mass is 361 g/mol. The number of hydrogen-bond acceptors (Lipinski definition) is 4. The number of hydrogen-bond donors (Lipinski definition) is 1. The Kier molecular flexibility index (Phi) is 5.46. The van der Waals surface area contributed by atoms with E-state index in [1.54, 1.807) is 6.07 Å². The number of anilines is 1. The molecule has 136 valence electrons. The van der Waals surface area contributed by atoms with Gasteiger partial charge in [0.1, 0.15) is 5.75 Å². The quantitative estimate of drug-likeness (QED) is 0.804. The van der Waals surface area contributed by atoms with E-state index in [2.05, 4.69) is 5.32 Å². The highest BCUT2D eigenvalue weighted by Gasteiger charge is 2.13. The lowest BCUT2D eigenvalue weighted by atomic mass is 10.1. The summed E-state index contributed by atoms with van der Waals surface area (Å²) in [7, 11) is 0. The van der Waals surface area contributed by atoms with Gasteiger partial charge in [-0.15, -0.1) is 0 Å². The number of carbonyl (C=O) groups is 2. The van der Waals surface area contributed by atoms with Gasteiger partial charge in [-0.2, -0.15) is 0 Å². The summed E-state index contributed by atoms with van der Waals surface area (Å²) < 4.78 is 36.1. The van der Waals surface area contributed by atoms with E-state index < -0.39 is 30.1 Å². The summed E-state index contributed by atoms with van der Waals surface area (Å²) >= 11 is 0. The second-order valence-corrected chi connectivity index (χ2v) is 5.91. The van der Waals surface area contributed by atoms with E-state index in [-0.39, 0.29) is 12.3 Å². The van der Waals surface area contributed by atoms with E-state index in [0.29, 0.717) is 5.75 Å². The van der Waals surface area contributed by atoms with Gasteiger partial charge in [0.25, 0.3) is 5.91 Å². The molecule has 0 aliphatic heterocycles. The summed E-state index contributed by atoms with van der Waals surface area (Å²) in [6, 6.07) is 8.62. The third kappa shape index (κ3) is 4.56. The van der Waals surface area contributed by atoms with Gasteiger partial charge in [0.05, 0.1) is 0 Å². The third-order valence-corrected chi connectivity index (χ3v) is 3.99. The Morgan fingerprint density at radius 3 is 2.58 bits per heavy atom. The van der Waals surface area contributed by atoms with Crippen molar-refractivity contribution in [2.75, 3.05) is 18.5 Å². The molecule has 2 aromatic carbocycles. The maximum Gasteiger partial charge on any atom is 0.344 e. The van der Waals surface area contributed by atoms with E-state index in [0.717, 1.165) is 31.4 Å². The van der Waals surface area contributed by atoms with Crippen molar-refractivity contribution < 1.29 is 27.8 Å². The van der Waals surface area contributed by atoms with Gasteiger partial charge in [0.15, 0.2) is 24.8 Å². The number of rotatable bonds is 6. The summed E-state index contributed by atoms with van der Waals surface area (Å²) in [5, 5.41) is 2.30. The second-order valence-electron chi connectivity index (χ2n) is 5.91. The van der Waals surface area contributed by atoms with Crippen LogP contribution in [-0.2, 0) is 27.2 Å². The van der Waals surface area contributed by atoms with Crippen molar-refractivity contribution in [2.45, 2.75) is 19.3 Å². The molecule has 5 nitrogen and oxygen atoms in total. The van der Waals surface area contributed by atoms with Gasteiger partial charge in [0.2, 0.25) is 0 Å². The third-order valence-electron chi connectivity index (χ3n) is 3.99. The molecular weight excluding hydrogens is 344 g/mol. The molecule has 7 heteroatoms. The van der Waals surface area contributed by atoms with Crippen molar-refractivity contribution in [3.63, 3.8) is 0 Å². The zero-order chi connectivity index (χ0) is 18.5. The first kappa shape index (κ1) is 17.8. The van der Waals surface area contributed by atoms with Crippen LogP contribution in [-0.4, -0.2) is 25.1 Å². The van der Waals surface area contributed by atoms with Gasteiger partial charge < -0.3 is 14.8 Å². The molecule has 0 fully saturated rings. The fraction of sp³-hybridized carbons (Fsp3) is 0.263. The van der Waals surface area contributed by atoms with E-state index in [9.17, 15) is 18.4 Å². The standard InChI is InChI=1S/C19H17F2NO4/c20-16-7-5-14(9-17(16)21)22-18(23)10-26-19(24)11-25-15-6-4-12-2-1-3-13(12)8-15/h4-9H,1-3,10-11H2,(H,22,23). The molecule has 0 radical (unpaired) electrons. The number of halogens is 2. The number of fused-ring (bicyclic) bond motifs is 1. The molecule has 1 amide bonds. The molecular formula is C19H17F2NO4. The number of ether oxygens (including phenoxy) is 2. The van der Waals surface area contributed by atoms with Crippen molar-refractivity contribution in [3.8, 4) is 5.75 Å². The fourth-order valence-corrected chi connectivity index (χ4v) is 2.74. The van der Waals surface area contributed by atoms with Gasteiger partial charge in [-0.25, -0.2) is 13.6 Å². The van der Waals surface area contributed by atoms with Crippen LogP contribution in [0.15, 0.2) is 36.4 Å². The Balaban J connectivity index is 1.42. The minimum Gasteiger partial charge on any atom is -0.482 e. The number of amides is 1. The molecule has 3 rings (SSSR count). The summed E-state index contributed by atoms with van der Waals surface area (Å²) in [6.45, 7) is -0.872. The summed E-state index contributed by atoms with van der Waals surface area (Å²) in [6.07, 6.45) is 3.18. The Labute approximate surface area is 148 Å². The average molecular weight is 361 g/mol. The molecule has 1 N–H and O–H groups in total. The number of benzene rings is 2. The van der Waals surface area contributed by atoms with Crippen molar-refractivity contribution in [2.24, 2.45) is 0 Å². The number of aryl methyl sites for hydroxylation is 2. The first-order valence-electron chi connectivity index (χ1n) is 8.16. The van der Waals surface area contributed by atoms with Crippen LogP contribution in [0.1, 0.15) is 17.5 Å². The van der Waals surface area contributed by atoms with Crippen LogP contribution in [0.25, 0.3) is 0 Å². The molecule has 0 spiro atoms. The first-order valence-corrected chi connectivity index (χ1v) is 8.16. The normalized spacial score (nSPS) is 12.4. The van der Waals surface area contributed by atoms with Gasteiger partial charge in [0, 0.05) is 11.8 Å². The second kappa shape index (κ2) is 7.95. The van der Waals surface area contributed by atoms with Gasteiger partial charge in [-0.05, 0) is 54.7 Å². The first-order chi connectivity index (χ1) is 12.5. The molecule has 1 aliphatic carbocycles. The molecule has 2 aromatic rings. The van der Waals surface area contributed by atoms with Crippen LogP contribution in [0, 0.1) is 11.6 Å². The number of nitrogens with one attached hydrogen (secondary N) is 1. The average Bonchev–Trinajstić information content (AvgIpc) is 3.09. The van der Waals surface area contributed by atoms with Gasteiger partial charge in [-0.1, -0.05) is 6.07 Å². The van der Waals surface area contributed by atoms with E-state index in [1.165, 1.54) is 17.2 Å². The lowest BCUT2D eigenvalue weighted by Gasteiger charge is -2.09. The van der Waals surface area contributed by atoms with Crippen LogP contribution in [0.2, 0.25) is 0 Å². The Morgan fingerprint density at radius 2 is 1.77 bits per heavy atom. The lowest BCUT2D eigenvalue weighted by molar-refractivity contribution is -0.149. The molecule has 0 aromatic heterocycles. The van der Waals surface area contributed by atoms with Crippen LogP contribution >= 0.6 is 0 Å². The van der Waals surface area contributed by atoms with Crippen LogP contribution in [0.3, 0.4) is 0 Å². The molecule has 0 unspecified atom stereocenters. The van der Waals surface area contributed by atoms with Crippen LogP contribution in [0.4, 0.5) is 14.5 Å². The molecule has 0 atom stereocenters. The summed E-state index contributed by atoms with van der Waals surface area (Å²) in [5.41, 5.74) is 2.59. The minimum atomic E-state index is -1.08. The lowest BCUT2D eigenvalue weighted by Crippen LogP contribution is -2.23. The smallest absolute Gasteiger partial charge is 0.344 e. The zero-order valence-corrected chi connectivity index (χ0v) is 13.9. The fourth-order valence-electron chi connectivity index (χ4n) is 2.74. The zero-order valence-electron chi connectivity index (χ0n) is 13.9. The molecule has 0 bridgehead atoms. The highest BCUT2D eigenvalue weighted by molar-refractivity contribution is 5.92. The molecule has 0 saturated carbocycles. The van der Waals surface area contributed by atoms with E-state index >= 15 is 0 Å². The largest absolute Gasteiger partial charge is 0.482 e. The van der Waals surface area contributed by atoms with Gasteiger partial charge in [-0.3, -0.25) is 4.79 Å². The summed E-state index contributed by atoms with van der Waals surface area (Å²) in [4.78, 5) is 23.3. The van der Waals surface area contributed by atoms with Crippen LogP contribution < -0.4 is 10.1 Å². The maximum absolute atomic E-state index is 13.1.